The minimum atomic E-state index is 0.657. The third kappa shape index (κ3) is 3.47. The molecule has 0 aromatic carbocycles. The quantitative estimate of drug-likeness (QED) is 0.364. The van der Waals surface area contributed by atoms with Gasteiger partial charge in [-0.3, -0.25) is 0 Å². The minimum absolute atomic E-state index is 0.657. The maximum Gasteiger partial charge on any atom is 0.114 e. The third-order valence-corrected chi connectivity index (χ3v) is 0.309. The normalized spacial score (nSPS) is 9.67. The summed E-state index contributed by atoms with van der Waals surface area (Å²) in [6, 6.07) is 0. The van der Waals surface area contributed by atoms with Crippen molar-refractivity contribution in [1.82, 2.24) is 0 Å². The van der Waals surface area contributed by atoms with E-state index < -0.39 is 0 Å². The van der Waals surface area contributed by atoms with E-state index in [4.69, 9.17) is 0 Å². The van der Waals surface area contributed by atoms with E-state index in [0.717, 1.165) is 0 Å². The van der Waals surface area contributed by atoms with Crippen LogP contribution in [0.2, 0.25) is 0 Å². The van der Waals surface area contributed by atoms with Crippen molar-refractivity contribution in [1.29, 1.82) is 0 Å². The molecule has 0 fully saturated rings. The van der Waals surface area contributed by atoms with Crippen molar-refractivity contribution in [3.8, 4) is 0 Å². The molecule has 0 aromatic rings. The van der Waals surface area contributed by atoms with Gasteiger partial charge in [0.15, 0.2) is 0 Å². The van der Waals surface area contributed by atoms with Gasteiger partial charge >= 0.3 is 0 Å². The highest BCUT2D eigenvalue weighted by atomic mass is 16.6. The molecule has 36 valence electrons. The lowest BCUT2D eigenvalue weighted by Gasteiger charge is -1.84. The molecule has 0 aliphatic rings. The standard InChI is InChI=1S/C4H9NO/c1-3-5-6-4-2/h3H,4H2,1-2H3/b5-3-. The van der Waals surface area contributed by atoms with E-state index >= 15 is 0 Å². The van der Waals surface area contributed by atoms with Crippen LogP contribution in [0, 0.1) is 0 Å². The van der Waals surface area contributed by atoms with Gasteiger partial charge in [-0.25, -0.2) is 0 Å². The molecule has 0 saturated heterocycles. The average Bonchev–Trinajstić information content (AvgIpc) is 1.61. The van der Waals surface area contributed by atoms with Crippen molar-refractivity contribution in [2.24, 2.45) is 5.16 Å². The van der Waals surface area contributed by atoms with Crippen LogP contribution in [0.5, 0.6) is 0 Å². The molecule has 0 atom stereocenters. The first-order chi connectivity index (χ1) is 2.91. The van der Waals surface area contributed by atoms with E-state index in [-0.39, 0.29) is 0 Å². The number of hydrogen-bond donors (Lipinski definition) is 0. The Kier molecular flexibility index (Phi) is 4.08. The van der Waals surface area contributed by atoms with Crippen LogP contribution >= 0.6 is 0 Å². The van der Waals surface area contributed by atoms with Gasteiger partial charge in [-0.15, -0.1) is 0 Å². The first-order valence-electron chi connectivity index (χ1n) is 2.01. The summed E-state index contributed by atoms with van der Waals surface area (Å²) in [5.41, 5.74) is 0. The van der Waals surface area contributed by atoms with Gasteiger partial charge in [0, 0.05) is 6.21 Å². The molecular formula is C4H9NO. The molecule has 0 amide bonds. The maximum atomic E-state index is 4.55. The Morgan fingerprint density at radius 2 is 2.50 bits per heavy atom. The Balaban J connectivity index is 2.66. The zero-order valence-corrected chi connectivity index (χ0v) is 4.14. The summed E-state index contributed by atoms with van der Waals surface area (Å²) in [6.45, 7) is 4.37. The molecule has 0 heterocycles. The van der Waals surface area contributed by atoms with Gasteiger partial charge in [-0.1, -0.05) is 5.16 Å². The molecule has 0 bridgehead atoms. The fourth-order valence-corrected chi connectivity index (χ4v) is 0.149. The third-order valence-electron chi connectivity index (χ3n) is 0.309. The summed E-state index contributed by atoms with van der Waals surface area (Å²) in [7, 11) is 0. The lowest BCUT2D eigenvalue weighted by Crippen LogP contribution is -1.75. The van der Waals surface area contributed by atoms with Gasteiger partial charge < -0.3 is 4.84 Å². The molecule has 0 N–H and O–H groups in total. The first kappa shape index (κ1) is 5.47. The largest absolute Gasteiger partial charge is 0.396 e. The molecule has 0 aliphatic heterocycles. The Bertz CT molecular complexity index is 42.8. The summed E-state index contributed by atoms with van der Waals surface area (Å²) in [5, 5.41) is 3.47. The van der Waals surface area contributed by atoms with Crippen molar-refractivity contribution in [2.75, 3.05) is 6.61 Å². The lowest BCUT2D eigenvalue weighted by atomic mass is 10.9. The van der Waals surface area contributed by atoms with E-state index in [2.05, 4.69) is 9.99 Å². The Morgan fingerprint density at radius 3 is 2.67 bits per heavy atom. The SMILES string of the molecule is C/C=N\OCC. The maximum absolute atomic E-state index is 4.55. The van der Waals surface area contributed by atoms with Crippen molar-refractivity contribution in [3.05, 3.63) is 0 Å². The highest BCUT2D eigenvalue weighted by Crippen LogP contribution is 1.67. The highest BCUT2D eigenvalue weighted by Gasteiger charge is 1.60. The van der Waals surface area contributed by atoms with Gasteiger partial charge in [-0.05, 0) is 13.8 Å². The zero-order chi connectivity index (χ0) is 4.83. The second-order valence-electron chi connectivity index (χ2n) is 0.781. The molecule has 2 heteroatoms. The summed E-state index contributed by atoms with van der Waals surface area (Å²) < 4.78 is 0. The van der Waals surface area contributed by atoms with Crippen LogP contribution in [0.1, 0.15) is 13.8 Å². The Morgan fingerprint density at radius 1 is 1.83 bits per heavy atom. The van der Waals surface area contributed by atoms with Gasteiger partial charge in [0.1, 0.15) is 6.61 Å². The van der Waals surface area contributed by atoms with Crippen LogP contribution in [0.3, 0.4) is 0 Å². The molecule has 0 unspecified atom stereocenters. The van der Waals surface area contributed by atoms with Gasteiger partial charge in [0.05, 0.1) is 0 Å². The molecule has 2 nitrogen and oxygen atoms in total. The van der Waals surface area contributed by atoms with Crippen LogP contribution < -0.4 is 0 Å². The number of hydrogen-bond acceptors (Lipinski definition) is 2. The van der Waals surface area contributed by atoms with Crippen molar-refractivity contribution in [3.63, 3.8) is 0 Å². The first-order valence-corrected chi connectivity index (χ1v) is 2.01. The van der Waals surface area contributed by atoms with Crippen LogP contribution in [-0.2, 0) is 4.84 Å². The predicted molar refractivity (Wildman–Crippen MR) is 25.8 cm³/mol. The number of nitrogens with zero attached hydrogens (tertiary/aromatic N) is 1. The van der Waals surface area contributed by atoms with E-state index in [1.165, 1.54) is 0 Å². The molecule has 0 aliphatic carbocycles. The van der Waals surface area contributed by atoms with Crippen LogP contribution in [-0.4, -0.2) is 12.8 Å². The average molecular weight is 87.1 g/mol. The second-order valence-corrected chi connectivity index (χ2v) is 0.781. The molecular weight excluding hydrogens is 78.0 g/mol. The van der Waals surface area contributed by atoms with E-state index in [0.29, 0.717) is 6.61 Å². The molecule has 0 spiro atoms. The lowest BCUT2D eigenvalue weighted by molar-refractivity contribution is 0.160. The van der Waals surface area contributed by atoms with Crippen LogP contribution in [0.4, 0.5) is 0 Å². The smallest absolute Gasteiger partial charge is 0.114 e. The molecule has 0 radical (unpaired) electrons. The molecule has 6 heavy (non-hydrogen) atoms. The predicted octanol–water partition coefficient (Wildman–Crippen LogP) is 1.03. The fourth-order valence-electron chi connectivity index (χ4n) is 0.149. The van der Waals surface area contributed by atoms with Gasteiger partial charge in [0.2, 0.25) is 0 Å². The number of oxime groups is 1. The molecule has 0 saturated carbocycles. The highest BCUT2D eigenvalue weighted by molar-refractivity contribution is 5.52. The Labute approximate surface area is 37.8 Å². The summed E-state index contributed by atoms with van der Waals surface area (Å²) in [5.74, 6) is 0. The van der Waals surface area contributed by atoms with E-state index in [1.807, 2.05) is 13.8 Å². The van der Waals surface area contributed by atoms with Gasteiger partial charge in [-0.2, -0.15) is 0 Å². The van der Waals surface area contributed by atoms with Gasteiger partial charge in [0.25, 0.3) is 0 Å². The second kappa shape index (κ2) is 4.47. The summed E-state index contributed by atoms with van der Waals surface area (Å²) >= 11 is 0. The molecule has 0 rings (SSSR count). The number of rotatable bonds is 2. The summed E-state index contributed by atoms with van der Waals surface area (Å²) in [4.78, 5) is 4.55. The summed E-state index contributed by atoms with van der Waals surface area (Å²) in [6.07, 6.45) is 1.61. The molecule has 0 aromatic heterocycles. The monoisotopic (exact) mass is 87.1 g/mol. The van der Waals surface area contributed by atoms with Crippen LogP contribution in [0.25, 0.3) is 0 Å². The van der Waals surface area contributed by atoms with E-state index in [9.17, 15) is 0 Å². The fraction of sp³-hybridized carbons (Fsp3) is 0.750. The minimum Gasteiger partial charge on any atom is -0.396 e. The van der Waals surface area contributed by atoms with Crippen molar-refractivity contribution in [2.45, 2.75) is 13.8 Å². The van der Waals surface area contributed by atoms with Crippen LogP contribution in [0.15, 0.2) is 5.16 Å². The zero-order valence-electron chi connectivity index (χ0n) is 4.14. The van der Waals surface area contributed by atoms with Crippen molar-refractivity contribution >= 4 is 6.21 Å². The van der Waals surface area contributed by atoms with E-state index in [1.54, 1.807) is 6.21 Å². The van der Waals surface area contributed by atoms with Crippen molar-refractivity contribution < 1.29 is 4.84 Å². The Hall–Kier alpha value is -0.530. The topological polar surface area (TPSA) is 21.6 Å².